The lowest BCUT2D eigenvalue weighted by Gasteiger charge is -2.35. The Balaban J connectivity index is 0.00000162. The Kier molecular flexibility index (Phi) is 6.22. The average Bonchev–Trinajstić information content (AvgIpc) is 2.29. The molecule has 18 heavy (non-hydrogen) atoms. The molecule has 0 bridgehead atoms. The number of halogens is 3. The van der Waals surface area contributed by atoms with Gasteiger partial charge in [0.1, 0.15) is 0 Å². The van der Waals surface area contributed by atoms with Gasteiger partial charge in [0.15, 0.2) is 0 Å². The molecule has 2 rings (SSSR count). The number of piperidine rings is 1. The number of likely N-dealkylation sites (tertiary alicyclic amines) is 1. The monoisotopic (exact) mass is 308 g/mol. The van der Waals surface area contributed by atoms with Gasteiger partial charge in [0.2, 0.25) is 0 Å². The standard InChI is InChI=1S/C13H18Cl2N2.ClH/c1-9(17-6-4-11(16)5-7-17)12-3-2-10(14)8-13(12)15;/h2-3,8-9,11H,4-7,16H2,1H3;1H. The molecule has 0 radical (unpaired) electrons. The molecule has 2 N–H and O–H groups in total. The Morgan fingerprint density at radius 2 is 1.89 bits per heavy atom. The summed E-state index contributed by atoms with van der Waals surface area (Å²) in [5.74, 6) is 0. The molecule has 1 aliphatic rings. The summed E-state index contributed by atoms with van der Waals surface area (Å²) >= 11 is 12.1. The summed E-state index contributed by atoms with van der Waals surface area (Å²) in [7, 11) is 0. The molecule has 0 spiro atoms. The number of nitrogens with zero attached hydrogens (tertiary/aromatic N) is 1. The molecule has 1 aliphatic heterocycles. The van der Waals surface area contributed by atoms with Crippen molar-refractivity contribution in [1.82, 2.24) is 4.90 Å². The molecule has 2 nitrogen and oxygen atoms in total. The lowest BCUT2D eigenvalue weighted by molar-refractivity contribution is 0.163. The van der Waals surface area contributed by atoms with Crippen molar-refractivity contribution in [1.29, 1.82) is 0 Å². The molecule has 0 aliphatic carbocycles. The van der Waals surface area contributed by atoms with Crippen LogP contribution in [0.1, 0.15) is 31.4 Å². The largest absolute Gasteiger partial charge is 0.328 e. The van der Waals surface area contributed by atoms with Gasteiger partial charge in [-0.15, -0.1) is 12.4 Å². The van der Waals surface area contributed by atoms with Crippen molar-refractivity contribution in [2.45, 2.75) is 31.8 Å². The topological polar surface area (TPSA) is 29.3 Å². The summed E-state index contributed by atoms with van der Waals surface area (Å²) < 4.78 is 0. The summed E-state index contributed by atoms with van der Waals surface area (Å²) in [5.41, 5.74) is 7.06. The normalized spacial score (nSPS) is 19.3. The van der Waals surface area contributed by atoms with E-state index in [2.05, 4.69) is 11.8 Å². The van der Waals surface area contributed by atoms with E-state index in [-0.39, 0.29) is 12.4 Å². The highest BCUT2D eigenvalue weighted by atomic mass is 35.5. The molecular formula is C13H19Cl3N2. The minimum Gasteiger partial charge on any atom is -0.328 e. The summed E-state index contributed by atoms with van der Waals surface area (Å²) in [4.78, 5) is 2.43. The van der Waals surface area contributed by atoms with E-state index in [4.69, 9.17) is 28.9 Å². The first-order chi connectivity index (χ1) is 8.08. The minimum atomic E-state index is 0. The van der Waals surface area contributed by atoms with Gasteiger partial charge in [0.05, 0.1) is 0 Å². The molecule has 0 saturated carbocycles. The fraction of sp³-hybridized carbons (Fsp3) is 0.538. The van der Waals surface area contributed by atoms with E-state index < -0.39 is 0 Å². The van der Waals surface area contributed by atoms with Crippen LogP contribution in [-0.2, 0) is 0 Å². The van der Waals surface area contributed by atoms with Crippen LogP contribution in [0.5, 0.6) is 0 Å². The van der Waals surface area contributed by atoms with Crippen molar-refractivity contribution in [2.75, 3.05) is 13.1 Å². The van der Waals surface area contributed by atoms with Crippen LogP contribution in [0.25, 0.3) is 0 Å². The maximum absolute atomic E-state index is 6.24. The van der Waals surface area contributed by atoms with Gasteiger partial charge in [-0.25, -0.2) is 0 Å². The van der Waals surface area contributed by atoms with Crippen molar-refractivity contribution in [3.8, 4) is 0 Å². The van der Waals surface area contributed by atoms with Gasteiger partial charge >= 0.3 is 0 Å². The summed E-state index contributed by atoms with van der Waals surface area (Å²) in [5, 5.41) is 1.44. The Morgan fingerprint density at radius 1 is 1.28 bits per heavy atom. The number of hydrogen-bond acceptors (Lipinski definition) is 2. The third kappa shape index (κ3) is 3.75. The van der Waals surface area contributed by atoms with Crippen LogP contribution < -0.4 is 5.73 Å². The second-order valence-electron chi connectivity index (χ2n) is 4.72. The molecule has 1 atom stereocenters. The molecule has 102 valence electrons. The molecule has 1 aromatic rings. The van der Waals surface area contributed by atoms with E-state index in [1.807, 2.05) is 18.2 Å². The van der Waals surface area contributed by atoms with E-state index in [0.29, 0.717) is 17.1 Å². The lowest BCUT2D eigenvalue weighted by Crippen LogP contribution is -2.40. The second-order valence-corrected chi connectivity index (χ2v) is 5.56. The molecule has 1 unspecified atom stereocenters. The van der Waals surface area contributed by atoms with Crippen molar-refractivity contribution in [3.63, 3.8) is 0 Å². The predicted molar refractivity (Wildman–Crippen MR) is 80.9 cm³/mol. The SMILES string of the molecule is CC(c1ccc(Cl)cc1Cl)N1CCC(N)CC1.Cl. The predicted octanol–water partition coefficient (Wildman–Crippen LogP) is 3.90. The van der Waals surface area contributed by atoms with Crippen molar-refractivity contribution >= 4 is 35.6 Å². The van der Waals surface area contributed by atoms with Crippen molar-refractivity contribution in [3.05, 3.63) is 33.8 Å². The van der Waals surface area contributed by atoms with Gasteiger partial charge in [-0.1, -0.05) is 29.3 Å². The maximum Gasteiger partial charge on any atom is 0.0468 e. The van der Waals surface area contributed by atoms with E-state index in [1.54, 1.807) is 0 Å². The molecule has 0 amide bonds. The quantitative estimate of drug-likeness (QED) is 0.898. The third-order valence-electron chi connectivity index (χ3n) is 3.53. The average molecular weight is 310 g/mol. The van der Waals surface area contributed by atoms with Gasteiger partial charge in [0.25, 0.3) is 0 Å². The molecule has 1 heterocycles. The molecule has 1 fully saturated rings. The van der Waals surface area contributed by atoms with Crippen LogP contribution in [0.15, 0.2) is 18.2 Å². The molecule has 5 heteroatoms. The first kappa shape index (κ1) is 16.1. The highest BCUT2D eigenvalue weighted by Crippen LogP contribution is 2.31. The van der Waals surface area contributed by atoms with Crippen LogP contribution in [-0.4, -0.2) is 24.0 Å². The zero-order chi connectivity index (χ0) is 12.4. The van der Waals surface area contributed by atoms with Crippen molar-refractivity contribution in [2.24, 2.45) is 5.73 Å². The zero-order valence-corrected chi connectivity index (χ0v) is 12.7. The van der Waals surface area contributed by atoms with E-state index >= 15 is 0 Å². The summed E-state index contributed by atoms with van der Waals surface area (Å²) in [6.07, 6.45) is 2.13. The van der Waals surface area contributed by atoms with Gasteiger partial charge in [-0.05, 0) is 37.5 Å². The zero-order valence-electron chi connectivity index (χ0n) is 10.4. The van der Waals surface area contributed by atoms with Gasteiger partial charge in [-0.3, -0.25) is 4.90 Å². The lowest BCUT2D eigenvalue weighted by atomic mass is 10.0. The Bertz CT molecular complexity index is 390. The first-order valence-corrected chi connectivity index (χ1v) is 6.78. The Hall–Kier alpha value is 0.01000. The number of benzene rings is 1. The number of nitrogens with two attached hydrogens (primary N) is 1. The highest BCUT2D eigenvalue weighted by molar-refractivity contribution is 6.35. The van der Waals surface area contributed by atoms with Crippen LogP contribution >= 0.6 is 35.6 Å². The van der Waals surface area contributed by atoms with E-state index in [9.17, 15) is 0 Å². The molecule has 1 saturated heterocycles. The minimum absolute atomic E-state index is 0. The van der Waals surface area contributed by atoms with Gasteiger partial charge in [0, 0.05) is 35.2 Å². The summed E-state index contributed by atoms with van der Waals surface area (Å²) in [6.45, 7) is 4.27. The smallest absolute Gasteiger partial charge is 0.0468 e. The highest BCUT2D eigenvalue weighted by Gasteiger charge is 2.22. The number of hydrogen-bond donors (Lipinski definition) is 1. The fourth-order valence-corrected chi connectivity index (χ4v) is 2.91. The van der Waals surface area contributed by atoms with E-state index in [1.165, 1.54) is 0 Å². The molecule has 1 aromatic carbocycles. The fourth-order valence-electron chi connectivity index (χ4n) is 2.34. The van der Waals surface area contributed by atoms with Crippen LogP contribution in [0, 0.1) is 0 Å². The second kappa shape index (κ2) is 6.97. The first-order valence-electron chi connectivity index (χ1n) is 6.02. The van der Waals surface area contributed by atoms with E-state index in [0.717, 1.165) is 36.5 Å². The van der Waals surface area contributed by atoms with Crippen molar-refractivity contribution < 1.29 is 0 Å². The third-order valence-corrected chi connectivity index (χ3v) is 4.10. The summed E-state index contributed by atoms with van der Waals surface area (Å²) in [6, 6.07) is 6.41. The maximum atomic E-state index is 6.24. The molecular weight excluding hydrogens is 291 g/mol. The Labute approximate surface area is 125 Å². The van der Waals surface area contributed by atoms with Crippen LogP contribution in [0.4, 0.5) is 0 Å². The van der Waals surface area contributed by atoms with Crippen LogP contribution in [0.2, 0.25) is 10.0 Å². The number of rotatable bonds is 2. The van der Waals surface area contributed by atoms with Crippen LogP contribution in [0.3, 0.4) is 0 Å². The van der Waals surface area contributed by atoms with Gasteiger partial charge < -0.3 is 5.73 Å². The Morgan fingerprint density at radius 3 is 2.44 bits per heavy atom. The molecule has 0 aromatic heterocycles. The van der Waals surface area contributed by atoms with Gasteiger partial charge in [-0.2, -0.15) is 0 Å².